The Morgan fingerprint density at radius 3 is 2.33 bits per heavy atom. The Morgan fingerprint density at radius 1 is 1.12 bits per heavy atom. The number of amides is 1. The van der Waals surface area contributed by atoms with Crippen LogP contribution in [0.4, 0.5) is 5.69 Å². The van der Waals surface area contributed by atoms with Gasteiger partial charge in [0.15, 0.2) is 0 Å². The van der Waals surface area contributed by atoms with Crippen LogP contribution < -0.4 is 5.32 Å². The first-order valence-electron chi connectivity index (χ1n) is 8.00. The standard InChI is InChI=1S/C18H19NO5/c1-2-24-18(23)10-5-7-13(8-6-10)19-16(20)14-11-3-4-12(9-11)15(14)17(21)22/h3-8,11-12,14-15H,2,9H2,1H3,(H,19,20)(H,21,22)/t11-,12-,14+,15-/m0/s1. The highest BCUT2D eigenvalue weighted by atomic mass is 16.5. The van der Waals surface area contributed by atoms with Crippen LogP contribution in [0.25, 0.3) is 0 Å². The van der Waals surface area contributed by atoms with E-state index in [4.69, 9.17) is 4.74 Å². The molecule has 0 radical (unpaired) electrons. The molecule has 0 heterocycles. The summed E-state index contributed by atoms with van der Waals surface area (Å²) in [4.78, 5) is 35.6. The summed E-state index contributed by atoms with van der Waals surface area (Å²) < 4.78 is 4.90. The number of allylic oxidation sites excluding steroid dienone is 2. The minimum absolute atomic E-state index is 0.0186. The maximum Gasteiger partial charge on any atom is 0.338 e. The summed E-state index contributed by atoms with van der Waals surface area (Å²) >= 11 is 0. The van der Waals surface area contributed by atoms with Crippen LogP contribution in [0.2, 0.25) is 0 Å². The van der Waals surface area contributed by atoms with Crippen LogP contribution in [0.5, 0.6) is 0 Å². The SMILES string of the molecule is CCOC(=O)c1ccc(NC(=O)[C@H]2[C@@H](C(=O)O)[C@H]3C=C[C@H]2C3)cc1. The van der Waals surface area contributed by atoms with Crippen LogP contribution >= 0.6 is 0 Å². The molecule has 2 aliphatic rings. The van der Waals surface area contributed by atoms with Gasteiger partial charge in [0.05, 0.1) is 24.0 Å². The zero-order valence-electron chi connectivity index (χ0n) is 13.3. The molecule has 1 aromatic carbocycles. The summed E-state index contributed by atoms with van der Waals surface area (Å²) in [6.07, 6.45) is 4.57. The van der Waals surface area contributed by atoms with Gasteiger partial charge in [0.2, 0.25) is 5.91 Å². The predicted octanol–water partition coefficient (Wildman–Crippen LogP) is 2.32. The van der Waals surface area contributed by atoms with Crippen molar-refractivity contribution in [2.24, 2.45) is 23.7 Å². The number of carboxylic acid groups (broad SMARTS) is 1. The van der Waals surface area contributed by atoms with Crippen molar-refractivity contribution in [3.8, 4) is 0 Å². The van der Waals surface area contributed by atoms with Gasteiger partial charge in [-0.25, -0.2) is 4.79 Å². The van der Waals surface area contributed by atoms with Crippen molar-refractivity contribution in [1.82, 2.24) is 0 Å². The fourth-order valence-electron chi connectivity index (χ4n) is 3.65. The van der Waals surface area contributed by atoms with E-state index in [1.54, 1.807) is 31.2 Å². The summed E-state index contributed by atoms with van der Waals surface area (Å²) in [6.45, 7) is 2.03. The Hall–Kier alpha value is -2.63. The van der Waals surface area contributed by atoms with Gasteiger partial charge in [-0.3, -0.25) is 9.59 Å². The summed E-state index contributed by atoms with van der Waals surface area (Å²) in [5, 5.41) is 12.2. The summed E-state index contributed by atoms with van der Waals surface area (Å²) in [6, 6.07) is 6.37. The Morgan fingerprint density at radius 2 is 1.75 bits per heavy atom. The van der Waals surface area contributed by atoms with Gasteiger partial charge < -0.3 is 15.2 Å². The van der Waals surface area contributed by atoms with Gasteiger partial charge in [-0.1, -0.05) is 12.2 Å². The second-order valence-electron chi connectivity index (χ2n) is 6.13. The second kappa shape index (κ2) is 6.47. The lowest BCUT2D eigenvalue weighted by Gasteiger charge is -2.23. The fourth-order valence-corrected chi connectivity index (χ4v) is 3.65. The molecule has 6 heteroatoms. The first kappa shape index (κ1) is 16.2. The number of carbonyl (C=O) groups excluding carboxylic acids is 2. The van der Waals surface area contributed by atoms with Crippen LogP contribution in [-0.2, 0) is 14.3 Å². The largest absolute Gasteiger partial charge is 0.481 e. The molecule has 0 saturated heterocycles. The predicted molar refractivity (Wildman–Crippen MR) is 86.4 cm³/mol. The molecule has 0 spiro atoms. The van der Waals surface area contributed by atoms with Crippen LogP contribution in [0.1, 0.15) is 23.7 Å². The molecule has 3 rings (SSSR count). The number of nitrogens with one attached hydrogen (secondary N) is 1. The Labute approximate surface area is 139 Å². The number of ether oxygens (including phenoxy) is 1. The molecule has 6 nitrogen and oxygen atoms in total. The summed E-state index contributed by atoms with van der Waals surface area (Å²) in [5.74, 6) is -2.93. The third-order valence-corrected chi connectivity index (χ3v) is 4.71. The minimum atomic E-state index is -0.926. The Kier molecular flexibility index (Phi) is 4.38. The molecule has 1 fully saturated rings. The van der Waals surface area contributed by atoms with E-state index in [0.717, 1.165) is 6.42 Å². The molecule has 126 valence electrons. The van der Waals surface area contributed by atoms with E-state index in [9.17, 15) is 19.5 Å². The summed E-state index contributed by atoms with van der Waals surface area (Å²) in [5.41, 5.74) is 0.935. The number of carboxylic acids is 1. The van der Waals surface area contributed by atoms with Crippen molar-refractivity contribution in [2.75, 3.05) is 11.9 Å². The molecule has 1 aromatic rings. The number of anilines is 1. The topological polar surface area (TPSA) is 92.7 Å². The van der Waals surface area contributed by atoms with E-state index >= 15 is 0 Å². The van der Waals surface area contributed by atoms with Gasteiger partial charge in [0.25, 0.3) is 0 Å². The van der Waals surface area contributed by atoms with Gasteiger partial charge in [-0.15, -0.1) is 0 Å². The highest BCUT2D eigenvalue weighted by Crippen LogP contribution is 2.48. The van der Waals surface area contributed by atoms with Gasteiger partial charge in [-0.2, -0.15) is 0 Å². The van der Waals surface area contributed by atoms with Crippen molar-refractivity contribution in [2.45, 2.75) is 13.3 Å². The quantitative estimate of drug-likeness (QED) is 0.639. The van der Waals surface area contributed by atoms with Crippen LogP contribution in [0, 0.1) is 23.7 Å². The van der Waals surface area contributed by atoms with Crippen molar-refractivity contribution in [1.29, 1.82) is 0 Å². The highest BCUT2D eigenvalue weighted by Gasteiger charge is 2.51. The zero-order valence-corrected chi connectivity index (χ0v) is 13.3. The molecule has 1 amide bonds. The van der Waals surface area contributed by atoms with E-state index < -0.39 is 23.8 Å². The molecule has 4 atom stereocenters. The number of aliphatic carboxylic acids is 1. The molecule has 2 aliphatic carbocycles. The molecule has 24 heavy (non-hydrogen) atoms. The van der Waals surface area contributed by atoms with Crippen molar-refractivity contribution in [3.63, 3.8) is 0 Å². The van der Waals surface area contributed by atoms with Gasteiger partial charge in [0.1, 0.15) is 0 Å². The van der Waals surface area contributed by atoms with Gasteiger partial charge >= 0.3 is 11.9 Å². The number of benzene rings is 1. The van der Waals surface area contributed by atoms with E-state index in [-0.39, 0.29) is 17.7 Å². The summed E-state index contributed by atoms with van der Waals surface area (Å²) in [7, 11) is 0. The number of esters is 1. The minimum Gasteiger partial charge on any atom is -0.481 e. The number of hydrogen-bond donors (Lipinski definition) is 2. The Balaban J connectivity index is 1.70. The fraction of sp³-hybridized carbons (Fsp3) is 0.389. The van der Waals surface area contributed by atoms with E-state index in [0.29, 0.717) is 17.9 Å². The normalized spacial score (nSPS) is 27.0. The van der Waals surface area contributed by atoms with Crippen LogP contribution in [0.15, 0.2) is 36.4 Å². The first-order valence-corrected chi connectivity index (χ1v) is 8.00. The second-order valence-corrected chi connectivity index (χ2v) is 6.13. The highest BCUT2D eigenvalue weighted by molar-refractivity contribution is 5.97. The monoisotopic (exact) mass is 329 g/mol. The molecule has 0 aliphatic heterocycles. The van der Waals surface area contributed by atoms with E-state index in [1.165, 1.54) is 0 Å². The zero-order chi connectivity index (χ0) is 17.3. The third-order valence-electron chi connectivity index (χ3n) is 4.71. The lowest BCUT2D eigenvalue weighted by molar-refractivity contribution is -0.146. The number of carbonyl (C=O) groups is 3. The van der Waals surface area contributed by atoms with Gasteiger partial charge in [-0.05, 0) is 49.4 Å². The number of rotatable bonds is 5. The van der Waals surface area contributed by atoms with Crippen molar-refractivity contribution >= 4 is 23.5 Å². The maximum absolute atomic E-state index is 12.5. The number of fused-ring (bicyclic) bond motifs is 2. The van der Waals surface area contributed by atoms with Gasteiger partial charge in [0, 0.05) is 5.69 Å². The molecule has 2 N–H and O–H groups in total. The maximum atomic E-state index is 12.5. The molecule has 1 saturated carbocycles. The number of hydrogen-bond acceptors (Lipinski definition) is 4. The van der Waals surface area contributed by atoms with Crippen LogP contribution in [0.3, 0.4) is 0 Å². The molecular formula is C18H19NO5. The third kappa shape index (κ3) is 2.91. The molecule has 0 unspecified atom stereocenters. The average Bonchev–Trinajstić information content (AvgIpc) is 3.16. The van der Waals surface area contributed by atoms with E-state index in [2.05, 4.69) is 5.32 Å². The van der Waals surface area contributed by atoms with E-state index in [1.807, 2.05) is 12.2 Å². The Bertz CT molecular complexity index is 694. The van der Waals surface area contributed by atoms with Crippen molar-refractivity contribution in [3.05, 3.63) is 42.0 Å². The molecule has 2 bridgehead atoms. The lowest BCUT2D eigenvalue weighted by atomic mass is 9.82. The molecule has 0 aromatic heterocycles. The first-order chi connectivity index (χ1) is 11.5. The smallest absolute Gasteiger partial charge is 0.338 e. The van der Waals surface area contributed by atoms with Crippen molar-refractivity contribution < 1.29 is 24.2 Å². The lowest BCUT2D eigenvalue weighted by Crippen LogP contribution is -2.36. The average molecular weight is 329 g/mol. The molecular weight excluding hydrogens is 310 g/mol. The van der Waals surface area contributed by atoms with Crippen LogP contribution in [-0.4, -0.2) is 29.6 Å².